The minimum Gasteiger partial charge on any atom is -0.494 e. The molecular weight excluding hydrogens is 252 g/mol. The molecule has 2 aromatic rings. The highest BCUT2D eigenvalue weighted by Crippen LogP contribution is 2.20. The van der Waals surface area contributed by atoms with Gasteiger partial charge in [-0.25, -0.2) is 0 Å². The predicted molar refractivity (Wildman–Crippen MR) is 79.9 cm³/mol. The Kier molecular flexibility index (Phi) is 4.58. The standard InChI is InChI=1S/C16H20N2O2/c1-3-11-20-13-8-6-12(7-9-13)15(17)14-5-4-10-18(2)16(14)19/h4-10,15H,3,11,17H2,1-2H3. The number of rotatable bonds is 5. The summed E-state index contributed by atoms with van der Waals surface area (Å²) in [4.78, 5) is 12.1. The fraction of sp³-hybridized carbons (Fsp3) is 0.312. The molecule has 0 spiro atoms. The van der Waals surface area contributed by atoms with Gasteiger partial charge in [-0.3, -0.25) is 4.79 Å². The summed E-state index contributed by atoms with van der Waals surface area (Å²) in [5.41, 5.74) is 7.61. The Morgan fingerprint density at radius 2 is 1.95 bits per heavy atom. The second-order valence-corrected chi connectivity index (χ2v) is 4.77. The number of pyridine rings is 1. The van der Waals surface area contributed by atoms with Gasteiger partial charge in [-0.15, -0.1) is 0 Å². The van der Waals surface area contributed by atoms with Crippen molar-refractivity contribution in [3.05, 3.63) is 64.1 Å². The van der Waals surface area contributed by atoms with Crippen LogP contribution < -0.4 is 16.0 Å². The van der Waals surface area contributed by atoms with E-state index in [9.17, 15) is 4.79 Å². The summed E-state index contributed by atoms with van der Waals surface area (Å²) < 4.78 is 7.07. The average molecular weight is 272 g/mol. The van der Waals surface area contributed by atoms with Gasteiger partial charge in [-0.05, 0) is 30.2 Å². The van der Waals surface area contributed by atoms with Crippen molar-refractivity contribution < 1.29 is 4.74 Å². The predicted octanol–water partition coefficient (Wildman–Crippen LogP) is 2.22. The van der Waals surface area contributed by atoms with Crippen LogP contribution in [-0.2, 0) is 7.05 Å². The van der Waals surface area contributed by atoms with E-state index in [0.717, 1.165) is 17.7 Å². The van der Waals surface area contributed by atoms with Crippen LogP contribution in [0.1, 0.15) is 30.5 Å². The number of nitrogens with zero attached hydrogens (tertiary/aromatic N) is 1. The summed E-state index contributed by atoms with van der Waals surface area (Å²) in [5, 5.41) is 0. The molecule has 0 aliphatic carbocycles. The largest absolute Gasteiger partial charge is 0.494 e. The van der Waals surface area contributed by atoms with Gasteiger partial charge in [0.2, 0.25) is 0 Å². The molecule has 0 amide bonds. The SMILES string of the molecule is CCCOc1ccc(C(N)c2cccn(C)c2=O)cc1. The van der Waals surface area contributed by atoms with Crippen LogP contribution in [0.2, 0.25) is 0 Å². The maximum Gasteiger partial charge on any atom is 0.255 e. The molecular formula is C16H20N2O2. The molecule has 0 saturated carbocycles. The third-order valence-electron chi connectivity index (χ3n) is 3.20. The molecule has 0 aliphatic heterocycles. The number of nitrogens with two attached hydrogens (primary N) is 1. The van der Waals surface area contributed by atoms with Crippen LogP contribution in [0, 0.1) is 0 Å². The van der Waals surface area contributed by atoms with E-state index in [-0.39, 0.29) is 5.56 Å². The first-order chi connectivity index (χ1) is 9.63. The Labute approximate surface area is 118 Å². The van der Waals surface area contributed by atoms with Crippen molar-refractivity contribution in [1.29, 1.82) is 0 Å². The number of benzene rings is 1. The Morgan fingerprint density at radius 3 is 2.60 bits per heavy atom. The van der Waals surface area contributed by atoms with Crippen molar-refractivity contribution in [3.63, 3.8) is 0 Å². The molecule has 0 bridgehead atoms. The fourth-order valence-electron chi connectivity index (χ4n) is 2.03. The van der Waals surface area contributed by atoms with Gasteiger partial charge in [0.1, 0.15) is 5.75 Å². The van der Waals surface area contributed by atoms with E-state index >= 15 is 0 Å². The number of aryl methyl sites for hydroxylation is 1. The lowest BCUT2D eigenvalue weighted by Crippen LogP contribution is -2.26. The van der Waals surface area contributed by atoms with Crippen LogP contribution in [0.25, 0.3) is 0 Å². The normalized spacial score (nSPS) is 12.2. The Bertz CT molecular complexity index is 617. The molecule has 1 unspecified atom stereocenters. The van der Waals surface area contributed by atoms with E-state index in [1.807, 2.05) is 30.3 Å². The summed E-state index contributed by atoms with van der Waals surface area (Å²) in [6, 6.07) is 10.8. The number of aromatic nitrogens is 1. The first kappa shape index (κ1) is 14.3. The highest BCUT2D eigenvalue weighted by atomic mass is 16.5. The molecule has 0 saturated heterocycles. The Balaban J connectivity index is 2.23. The van der Waals surface area contributed by atoms with E-state index in [2.05, 4.69) is 6.92 Å². The zero-order valence-electron chi connectivity index (χ0n) is 11.9. The van der Waals surface area contributed by atoms with Crippen LogP contribution in [0.15, 0.2) is 47.4 Å². The summed E-state index contributed by atoms with van der Waals surface area (Å²) >= 11 is 0. The van der Waals surface area contributed by atoms with E-state index in [1.54, 1.807) is 19.3 Å². The zero-order chi connectivity index (χ0) is 14.5. The van der Waals surface area contributed by atoms with Crippen LogP contribution >= 0.6 is 0 Å². The lowest BCUT2D eigenvalue weighted by molar-refractivity contribution is 0.317. The molecule has 106 valence electrons. The van der Waals surface area contributed by atoms with Gasteiger partial charge in [0.25, 0.3) is 5.56 Å². The van der Waals surface area contributed by atoms with Crippen LogP contribution in [0.5, 0.6) is 5.75 Å². The highest BCUT2D eigenvalue weighted by Gasteiger charge is 2.13. The average Bonchev–Trinajstić information content (AvgIpc) is 2.48. The molecule has 0 aliphatic rings. The van der Waals surface area contributed by atoms with Crippen LogP contribution in [0.4, 0.5) is 0 Å². The van der Waals surface area contributed by atoms with E-state index in [1.165, 1.54) is 4.57 Å². The lowest BCUT2D eigenvalue weighted by atomic mass is 10.0. The molecule has 2 N–H and O–H groups in total. The first-order valence-electron chi connectivity index (χ1n) is 6.77. The van der Waals surface area contributed by atoms with Crippen molar-refractivity contribution in [2.45, 2.75) is 19.4 Å². The topological polar surface area (TPSA) is 57.2 Å². The molecule has 2 rings (SSSR count). The molecule has 4 heteroatoms. The Hall–Kier alpha value is -2.07. The molecule has 20 heavy (non-hydrogen) atoms. The lowest BCUT2D eigenvalue weighted by Gasteiger charge is -2.13. The number of ether oxygens (including phenoxy) is 1. The van der Waals surface area contributed by atoms with Crippen LogP contribution in [-0.4, -0.2) is 11.2 Å². The zero-order valence-corrected chi connectivity index (χ0v) is 11.9. The molecule has 0 fully saturated rings. The fourth-order valence-corrected chi connectivity index (χ4v) is 2.03. The minimum absolute atomic E-state index is 0.0636. The Morgan fingerprint density at radius 1 is 1.25 bits per heavy atom. The van der Waals surface area contributed by atoms with Gasteiger partial charge in [0.15, 0.2) is 0 Å². The van der Waals surface area contributed by atoms with E-state index in [4.69, 9.17) is 10.5 Å². The molecule has 4 nitrogen and oxygen atoms in total. The van der Waals surface area contributed by atoms with E-state index in [0.29, 0.717) is 12.2 Å². The highest BCUT2D eigenvalue weighted by molar-refractivity contribution is 5.34. The molecule has 1 atom stereocenters. The summed E-state index contributed by atoms with van der Waals surface area (Å²) in [5.74, 6) is 0.823. The van der Waals surface area contributed by atoms with Gasteiger partial charge in [-0.2, -0.15) is 0 Å². The van der Waals surface area contributed by atoms with Crippen LogP contribution in [0.3, 0.4) is 0 Å². The van der Waals surface area contributed by atoms with Gasteiger partial charge in [-0.1, -0.05) is 25.1 Å². The molecule has 1 heterocycles. The summed E-state index contributed by atoms with van der Waals surface area (Å²) in [6.07, 6.45) is 2.70. The van der Waals surface area contributed by atoms with Gasteiger partial charge in [0, 0.05) is 18.8 Å². The minimum atomic E-state index is -0.421. The third-order valence-corrected chi connectivity index (χ3v) is 3.20. The second-order valence-electron chi connectivity index (χ2n) is 4.77. The van der Waals surface area contributed by atoms with Gasteiger partial charge >= 0.3 is 0 Å². The maximum atomic E-state index is 12.1. The summed E-state index contributed by atoms with van der Waals surface area (Å²) in [6.45, 7) is 2.76. The summed E-state index contributed by atoms with van der Waals surface area (Å²) in [7, 11) is 1.72. The second kappa shape index (κ2) is 6.39. The van der Waals surface area contributed by atoms with Crippen molar-refractivity contribution in [2.75, 3.05) is 6.61 Å². The van der Waals surface area contributed by atoms with Crippen molar-refractivity contribution in [3.8, 4) is 5.75 Å². The molecule has 1 aromatic carbocycles. The van der Waals surface area contributed by atoms with E-state index < -0.39 is 6.04 Å². The maximum absolute atomic E-state index is 12.1. The van der Waals surface area contributed by atoms with Crippen molar-refractivity contribution in [2.24, 2.45) is 12.8 Å². The van der Waals surface area contributed by atoms with Gasteiger partial charge < -0.3 is 15.0 Å². The molecule has 1 aromatic heterocycles. The third kappa shape index (κ3) is 3.08. The molecule has 0 radical (unpaired) electrons. The number of hydrogen-bond donors (Lipinski definition) is 1. The van der Waals surface area contributed by atoms with Crippen molar-refractivity contribution in [1.82, 2.24) is 4.57 Å². The first-order valence-corrected chi connectivity index (χ1v) is 6.77. The van der Waals surface area contributed by atoms with Gasteiger partial charge in [0.05, 0.1) is 12.6 Å². The monoisotopic (exact) mass is 272 g/mol. The quantitative estimate of drug-likeness (QED) is 0.908. The smallest absolute Gasteiger partial charge is 0.255 e. The van der Waals surface area contributed by atoms with Crippen molar-refractivity contribution >= 4 is 0 Å². The number of hydrogen-bond acceptors (Lipinski definition) is 3.